The SMILES string of the molecule is CCCC(=O)C(C(=O)CCC)n1c(=O)c2[nH]cnc2n(C)c1=O. The van der Waals surface area contributed by atoms with E-state index in [1.807, 2.05) is 0 Å². The van der Waals surface area contributed by atoms with Crippen LogP contribution in [-0.2, 0) is 16.6 Å². The number of carbonyl (C=O) groups excluding carboxylic acids is 2. The van der Waals surface area contributed by atoms with Gasteiger partial charge in [0, 0.05) is 19.9 Å². The van der Waals surface area contributed by atoms with E-state index in [0.29, 0.717) is 12.8 Å². The molecule has 0 bridgehead atoms. The number of aromatic nitrogens is 4. The van der Waals surface area contributed by atoms with Gasteiger partial charge in [-0.2, -0.15) is 0 Å². The molecular weight excluding hydrogens is 300 g/mol. The van der Waals surface area contributed by atoms with Crippen LogP contribution in [0.15, 0.2) is 15.9 Å². The zero-order valence-electron chi connectivity index (χ0n) is 13.5. The summed E-state index contributed by atoms with van der Waals surface area (Å²) in [7, 11) is 1.45. The maximum atomic E-state index is 12.6. The minimum atomic E-state index is -1.37. The Morgan fingerprint density at radius 2 is 1.74 bits per heavy atom. The van der Waals surface area contributed by atoms with Crippen LogP contribution in [0, 0.1) is 0 Å². The molecule has 0 saturated heterocycles. The van der Waals surface area contributed by atoms with E-state index in [2.05, 4.69) is 9.97 Å². The Morgan fingerprint density at radius 3 is 2.26 bits per heavy atom. The molecular formula is C15H20N4O4. The minimum Gasteiger partial charge on any atom is -0.339 e. The number of hydrogen-bond acceptors (Lipinski definition) is 5. The molecule has 8 nitrogen and oxygen atoms in total. The Bertz CT molecular complexity index is 840. The van der Waals surface area contributed by atoms with Gasteiger partial charge >= 0.3 is 5.69 Å². The predicted octanol–water partition coefficient (Wildman–Crippen LogP) is 0.703. The number of nitrogens with zero attached hydrogens (tertiary/aromatic N) is 3. The molecule has 0 fully saturated rings. The monoisotopic (exact) mass is 320 g/mol. The number of carbonyl (C=O) groups is 2. The molecule has 0 saturated carbocycles. The number of Topliss-reactive ketones (excluding diaryl/α,β-unsaturated/α-hetero) is 2. The highest BCUT2D eigenvalue weighted by atomic mass is 16.2. The average molecular weight is 320 g/mol. The number of H-pyrrole nitrogens is 1. The zero-order chi connectivity index (χ0) is 17.1. The minimum absolute atomic E-state index is 0.102. The van der Waals surface area contributed by atoms with E-state index in [1.165, 1.54) is 17.9 Å². The van der Waals surface area contributed by atoms with Crippen molar-refractivity contribution in [1.82, 2.24) is 19.1 Å². The van der Waals surface area contributed by atoms with Crippen molar-refractivity contribution in [3.05, 3.63) is 27.2 Å². The molecule has 0 amide bonds. The molecule has 1 N–H and O–H groups in total. The summed E-state index contributed by atoms with van der Waals surface area (Å²) in [6.07, 6.45) is 2.65. The number of imidazole rings is 1. The molecule has 124 valence electrons. The summed E-state index contributed by atoms with van der Waals surface area (Å²) in [5, 5.41) is 0. The molecule has 2 aromatic rings. The first-order valence-electron chi connectivity index (χ1n) is 7.64. The number of aryl methyl sites for hydroxylation is 1. The second kappa shape index (κ2) is 6.72. The first-order chi connectivity index (χ1) is 10.9. The Morgan fingerprint density at radius 1 is 1.17 bits per heavy atom. The highest BCUT2D eigenvalue weighted by Crippen LogP contribution is 2.14. The highest BCUT2D eigenvalue weighted by molar-refractivity contribution is 6.04. The molecule has 0 aliphatic heterocycles. The van der Waals surface area contributed by atoms with Gasteiger partial charge in [0.15, 0.2) is 23.3 Å². The van der Waals surface area contributed by atoms with Crippen LogP contribution in [0.25, 0.3) is 11.2 Å². The van der Waals surface area contributed by atoms with Crippen molar-refractivity contribution in [2.45, 2.75) is 45.6 Å². The molecule has 23 heavy (non-hydrogen) atoms. The number of rotatable bonds is 7. The van der Waals surface area contributed by atoms with Crippen LogP contribution in [0.2, 0.25) is 0 Å². The fourth-order valence-corrected chi connectivity index (χ4v) is 2.62. The number of ketones is 2. The van der Waals surface area contributed by atoms with E-state index < -0.39 is 28.9 Å². The van der Waals surface area contributed by atoms with Gasteiger partial charge in [-0.25, -0.2) is 14.3 Å². The van der Waals surface area contributed by atoms with Crippen LogP contribution in [0.5, 0.6) is 0 Å². The van der Waals surface area contributed by atoms with Gasteiger partial charge in [0.05, 0.1) is 6.33 Å². The van der Waals surface area contributed by atoms with E-state index in [4.69, 9.17) is 0 Å². The summed E-state index contributed by atoms with van der Waals surface area (Å²) >= 11 is 0. The summed E-state index contributed by atoms with van der Waals surface area (Å²) in [6, 6.07) is -1.37. The van der Waals surface area contributed by atoms with Crippen molar-refractivity contribution in [3.8, 4) is 0 Å². The molecule has 0 aromatic carbocycles. The van der Waals surface area contributed by atoms with Crippen molar-refractivity contribution in [1.29, 1.82) is 0 Å². The summed E-state index contributed by atoms with van der Waals surface area (Å²) in [4.78, 5) is 56.5. The van der Waals surface area contributed by atoms with Crippen molar-refractivity contribution in [2.75, 3.05) is 0 Å². The van der Waals surface area contributed by atoms with Gasteiger partial charge < -0.3 is 4.98 Å². The molecule has 0 unspecified atom stereocenters. The summed E-state index contributed by atoms with van der Waals surface area (Å²) in [6.45, 7) is 3.61. The third-order valence-electron chi connectivity index (χ3n) is 3.72. The molecule has 0 aliphatic carbocycles. The third kappa shape index (κ3) is 2.88. The van der Waals surface area contributed by atoms with Crippen molar-refractivity contribution < 1.29 is 9.59 Å². The van der Waals surface area contributed by atoms with Gasteiger partial charge in [-0.15, -0.1) is 0 Å². The number of fused-ring (bicyclic) bond motifs is 1. The lowest BCUT2D eigenvalue weighted by Crippen LogP contribution is -2.46. The molecule has 2 rings (SSSR count). The van der Waals surface area contributed by atoms with E-state index in [0.717, 1.165) is 4.57 Å². The van der Waals surface area contributed by atoms with Crippen molar-refractivity contribution in [3.63, 3.8) is 0 Å². The highest BCUT2D eigenvalue weighted by Gasteiger charge is 2.31. The van der Waals surface area contributed by atoms with Crippen LogP contribution >= 0.6 is 0 Å². The Balaban J connectivity index is 2.74. The van der Waals surface area contributed by atoms with E-state index in [1.54, 1.807) is 13.8 Å². The summed E-state index contributed by atoms with van der Waals surface area (Å²) in [5.74, 6) is -0.826. The van der Waals surface area contributed by atoms with Crippen LogP contribution in [0.3, 0.4) is 0 Å². The fourth-order valence-electron chi connectivity index (χ4n) is 2.62. The molecule has 0 atom stereocenters. The topological polar surface area (TPSA) is 107 Å². The second-order valence-corrected chi connectivity index (χ2v) is 5.45. The Labute approximate surface area is 132 Å². The average Bonchev–Trinajstić information content (AvgIpc) is 2.99. The molecule has 0 radical (unpaired) electrons. The lowest BCUT2D eigenvalue weighted by Gasteiger charge is -2.17. The maximum absolute atomic E-state index is 12.6. The largest absolute Gasteiger partial charge is 0.339 e. The predicted molar refractivity (Wildman–Crippen MR) is 84.5 cm³/mol. The smallest absolute Gasteiger partial charge is 0.333 e. The molecule has 2 aromatic heterocycles. The number of aromatic amines is 1. The Kier molecular flexibility index (Phi) is 4.92. The van der Waals surface area contributed by atoms with Crippen LogP contribution in [0.1, 0.15) is 45.6 Å². The number of nitrogens with one attached hydrogen (secondary N) is 1. The first-order valence-corrected chi connectivity index (χ1v) is 7.64. The van der Waals surface area contributed by atoms with Crippen LogP contribution < -0.4 is 11.2 Å². The molecule has 0 aliphatic rings. The quantitative estimate of drug-likeness (QED) is 0.756. The van der Waals surface area contributed by atoms with E-state index in [9.17, 15) is 19.2 Å². The van der Waals surface area contributed by atoms with E-state index in [-0.39, 0.29) is 24.0 Å². The Hall–Kier alpha value is -2.51. The van der Waals surface area contributed by atoms with Crippen molar-refractivity contribution in [2.24, 2.45) is 7.05 Å². The van der Waals surface area contributed by atoms with Gasteiger partial charge in [0.1, 0.15) is 5.52 Å². The molecule has 0 spiro atoms. The maximum Gasteiger partial charge on any atom is 0.333 e. The van der Waals surface area contributed by atoms with Gasteiger partial charge in [0.2, 0.25) is 0 Å². The standard InChI is InChI=1S/C15H20N4O4/c1-4-6-9(20)12(10(21)7-5-2)19-14(22)11-13(17-8-16-11)18(3)15(19)23/h8,12H,4-7H2,1-3H3,(H,16,17). The van der Waals surface area contributed by atoms with E-state index >= 15 is 0 Å². The van der Waals surface area contributed by atoms with Gasteiger partial charge in [-0.05, 0) is 12.8 Å². The van der Waals surface area contributed by atoms with Crippen LogP contribution in [-0.4, -0.2) is 30.7 Å². The lowest BCUT2D eigenvalue weighted by molar-refractivity contribution is -0.132. The summed E-state index contributed by atoms with van der Waals surface area (Å²) < 4.78 is 1.93. The van der Waals surface area contributed by atoms with Gasteiger partial charge in [-0.1, -0.05) is 13.8 Å². The molecule has 2 heterocycles. The second-order valence-electron chi connectivity index (χ2n) is 5.45. The summed E-state index contributed by atoms with van der Waals surface area (Å²) in [5.41, 5.74) is -1.11. The lowest BCUT2D eigenvalue weighted by atomic mass is 10.0. The fraction of sp³-hybridized carbons (Fsp3) is 0.533. The number of hydrogen-bond donors (Lipinski definition) is 1. The van der Waals surface area contributed by atoms with Gasteiger partial charge in [0.25, 0.3) is 5.56 Å². The normalized spacial score (nSPS) is 11.3. The third-order valence-corrected chi connectivity index (χ3v) is 3.72. The molecule has 8 heteroatoms. The van der Waals surface area contributed by atoms with Gasteiger partial charge in [-0.3, -0.25) is 19.0 Å². The first kappa shape index (κ1) is 16.9. The van der Waals surface area contributed by atoms with Crippen molar-refractivity contribution >= 4 is 22.7 Å². The van der Waals surface area contributed by atoms with Crippen LogP contribution in [0.4, 0.5) is 0 Å². The zero-order valence-corrected chi connectivity index (χ0v) is 13.5.